The number of rotatable bonds is 2. The Bertz CT molecular complexity index is 715. The average Bonchev–Trinajstić information content (AvgIpc) is 2.91. The summed E-state index contributed by atoms with van der Waals surface area (Å²) in [6.07, 6.45) is 2.64. The van der Waals surface area contributed by atoms with E-state index in [2.05, 4.69) is 17.2 Å². The molecule has 1 fully saturated rings. The highest BCUT2D eigenvalue weighted by Gasteiger charge is 2.25. The van der Waals surface area contributed by atoms with Crippen molar-refractivity contribution in [1.82, 2.24) is 10.3 Å². The molecule has 1 aliphatic heterocycles. The predicted octanol–water partition coefficient (Wildman–Crippen LogP) is 3.05. The minimum absolute atomic E-state index is 0.311. The Morgan fingerprint density at radius 1 is 1.26 bits per heavy atom. The number of para-hydroxylation sites is 1. The summed E-state index contributed by atoms with van der Waals surface area (Å²) in [5.41, 5.74) is 3.10. The van der Waals surface area contributed by atoms with E-state index in [0.29, 0.717) is 4.91 Å². The molecule has 0 unspecified atom stereocenters. The van der Waals surface area contributed by atoms with Crippen LogP contribution >= 0.6 is 11.8 Å². The molecule has 19 heavy (non-hydrogen) atoms. The van der Waals surface area contributed by atoms with Gasteiger partial charge in [0.2, 0.25) is 0 Å². The third-order valence-corrected chi connectivity index (χ3v) is 3.91. The van der Waals surface area contributed by atoms with E-state index >= 15 is 0 Å². The van der Waals surface area contributed by atoms with Crippen LogP contribution in [-0.4, -0.2) is 16.1 Å². The minimum Gasteiger partial charge on any atom is -0.358 e. The van der Waals surface area contributed by atoms with E-state index in [0.717, 1.165) is 40.3 Å². The second kappa shape index (κ2) is 4.59. The summed E-state index contributed by atoms with van der Waals surface area (Å²) in [4.78, 5) is 26.6. The first-order valence-corrected chi connectivity index (χ1v) is 6.85. The van der Waals surface area contributed by atoms with Gasteiger partial charge in [-0.1, -0.05) is 25.1 Å². The molecule has 1 saturated heterocycles. The molecular formula is C14H12N2O2S. The van der Waals surface area contributed by atoms with Gasteiger partial charge in [0.1, 0.15) is 0 Å². The lowest BCUT2D eigenvalue weighted by Crippen LogP contribution is -2.17. The first-order valence-electron chi connectivity index (χ1n) is 6.03. The Hall–Kier alpha value is -2.01. The van der Waals surface area contributed by atoms with Crippen LogP contribution in [0.3, 0.4) is 0 Å². The number of amides is 2. The van der Waals surface area contributed by atoms with Crippen molar-refractivity contribution in [2.45, 2.75) is 13.3 Å². The Balaban J connectivity index is 2.17. The summed E-state index contributed by atoms with van der Waals surface area (Å²) < 4.78 is 0. The van der Waals surface area contributed by atoms with Gasteiger partial charge in [-0.15, -0.1) is 0 Å². The topological polar surface area (TPSA) is 62.0 Å². The maximum atomic E-state index is 11.6. The molecule has 1 aliphatic rings. The number of imide groups is 1. The van der Waals surface area contributed by atoms with Gasteiger partial charge in [0.05, 0.1) is 4.91 Å². The lowest BCUT2D eigenvalue weighted by Gasteiger charge is -1.97. The summed E-state index contributed by atoms with van der Waals surface area (Å²) in [6.45, 7) is 2.06. The molecule has 5 heteroatoms. The molecule has 0 bridgehead atoms. The Morgan fingerprint density at radius 3 is 2.74 bits per heavy atom. The average molecular weight is 272 g/mol. The number of carbonyl (C=O) groups excluding carboxylic acids is 2. The summed E-state index contributed by atoms with van der Waals surface area (Å²) in [5, 5.41) is 3.03. The van der Waals surface area contributed by atoms with Crippen molar-refractivity contribution in [2.75, 3.05) is 0 Å². The van der Waals surface area contributed by atoms with Gasteiger partial charge >= 0.3 is 0 Å². The molecule has 0 saturated carbocycles. The van der Waals surface area contributed by atoms with Crippen LogP contribution in [0.5, 0.6) is 0 Å². The SMILES string of the molecule is CCc1[nH]c2ccccc2c1/C=C1/SC(=O)NC1=O. The summed E-state index contributed by atoms with van der Waals surface area (Å²) in [7, 11) is 0. The fourth-order valence-electron chi connectivity index (χ4n) is 2.22. The first-order chi connectivity index (χ1) is 9.19. The third-order valence-electron chi connectivity index (χ3n) is 3.10. The van der Waals surface area contributed by atoms with E-state index < -0.39 is 0 Å². The van der Waals surface area contributed by atoms with Crippen molar-refractivity contribution in [2.24, 2.45) is 0 Å². The number of hydrogen-bond acceptors (Lipinski definition) is 3. The molecule has 4 nitrogen and oxygen atoms in total. The molecule has 0 aliphatic carbocycles. The normalized spacial score (nSPS) is 17.4. The van der Waals surface area contributed by atoms with Gasteiger partial charge in [0.15, 0.2) is 0 Å². The zero-order chi connectivity index (χ0) is 13.4. The molecular weight excluding hydrogens is 260 g/mol. The molecule has 3 rings (SSSR count). The molecule has 1 aromatic heterocycles. The van der Waals surface area contributed by atoms with Crippen molar-refractivity contribution in [3.8, 4) is 0 Å². The Labute approximate surface area is 114 Å². The summed E-state index contributed by atoms with van der Waals surface area (Å²) in [5.74, 6) is -0.317. The molecule has 1 aromatic carbocycles. The minimum atomic E-state index is -0.317. The Morgan fingerprint density at radius 2 is 2.05 bits per heavy atom. The zero-order valence-electron chi connectivity index (χ0n) is 10.3. The smallest absolute Gasteiger partial charge is 0.290 e. The summed E-state index contributed by atoms with van der Waals surface area (Å²) >= 11 is 0.947. The van der Waals surface area contributed by atoms with Crippen LogP contribution < -0.4 is 5.32 Å². The van der Waals surface area contributed by atoms with Crippen LogP contribution in [0.15, 0.2) is 29.2 Å². The number of aryl methyl sites for hydroxylation is 1. The number of hydrogen-bond donors (Lipinski definition) is 2. The van der Waals surface area contributed by atoms with Gasteiger partial charge in [-0.25, -0.2) is 0 Å². The van der Waals surface area contributed by atoms with E-state index in [1.807, 2.05) is 24.3 Å². The number of H-pyrrole nitrogens is 1. The van der Waals surface area contributed by atoms with Gasteiger partial charge in [0, 0.05) is 22.2 Å². The molecule has 0 spiro atoms. The lowest BCUT2D eigenvalue weighted by molar-refractivity contribution is -0.115. The molecule has 2 N–H and O–H groups in total. The van der Waals surface area contributed by atoms with E-state index in [4.69, 9.17) is 0 Å². The lowest BCUT2D eigenvalue weighted by atomic mass is 10.1. The highest BCUT2D eigenvalue weighted by atomic mass is 32.2. The van der Waals surface area contributed by atoms with Gasteiger partial charge in [-0.2, -0.15) is 0 Å². The molecule has 0 radical (unpaired) electrons. The monoisotopic (exact) mass is 272 g/mol. The van der Waals surface area contributed by atoms with Crippen molar-refractivity contribution in [1.29, 1.82) is 0 Å². The standard InChI is InChI=1S/C14H12N2O2S/c1-2-10-9(7-12-13(17)16-14(18)19-12)8-5-3-4-6-11(8)15-10/h3-7,15H,2H2,1H3,(H,16,17,18)/b12-7+. The first kappa shape index (κ1) is 12.0. The maximum absolute atomic E-state index is 11.6. The van der Waals surface area contributed by atoms with Crippen LogP contribution in [0.25, 0.3) is 17.0 Å². The van der Waals surface area contributed by atoms with Crippen molar-refractivity contribution < 1.29 is 9.59 Å². The number of benzene rings is 1. The van der Waals surface area contributed by atoms with Crippen LogP contribution in [0.2, 0.25) is 0 Å². The van der Waals surface area contributed by atoms with Gasteiger partial charge in [-0.3, -0.25) is 14.9 Å². The number of nitrogens with one attached hydrogen (secondary N) is 2. The van der Waals surface area contributed by atoms with Gasteiger partial charge in [-0.05, 0) is 30.3 Å². The largest absolute Gasteiger partial charge is 0.358 e. The van der Waals surface area contributed by atoms with Crippen LogP contribution in [0.1, 0.15) is 18.2 Å². The van der Waals surface area contributed by atoms with E-state index in [1.165, 1.54) is 0 Å². The fourth-order valence-corrected chi connectivity index (χ4v) is 2.88. The van der Waals surface area contributed by atoms with Crippen LogP contribution in [-0.2, 0) is 11.2 Å². The number of thioether (sulfide) groups is 1. The fraction of sp³-hybridized carbons (Fsp3) is 0.143. The molecule has 2 amide bonds. The number of carbonyl (C=O) groups is 2. The third kappa shape index (κ3) is 2.06. The molecule has 96 valence electrons. The predicted molar refractivity (Wildman–Crippen MR) is 76.8 cm³/mol. The van der Waals surface area contributed by atoms with Crippen molar-refractivity contribution in [3.63, 3.8) is 0 Å². The quantitative estimate of drug-likeness (QED) is 0.826. The highest BCUT2D eigenvalue weighted by molar-refractivity contribution is 8.18. The van der Waals surface area contributed by atoms with Gasteiger partial charge in [0.25, 0.3) is 11.1 Å². The van der Waals surface area contributed by atoms with E-state index in [1.54, 1.807) is 6.08 Å². The second-order valence-electron chi connectivity index (χ2n) is 4.27. The van der Waals surface area contributed by atoms with Crippen LogP contribution in [0.4, 0.5) is 4.79 Å². The number of aromatic nitrogens is 1. The molecule has 2 aromatic rings. The van der Waals surface area contributed by atoms with Crippen LogP contribution in [0, 0.1) is 0 Å². The zero-order valence-corrected chi connectivity index (χ0v) is 11.1. The number of fused-ring (bicyclic) bond motifs is 1. The van der Waals surface area contributed by atoms with Crippen molar-refractivity contribution in [3.05, 3.63) is 40.4 Å². The highest BCUT2D eigenvalue weighted by Crippen LogP contribution is 2.30. The molecule has 2 heterocycles. The maximum Gasteiger partial charge on any atom is 0.290 e. The van der Waals surface area contributed by atoms with Gasteiger partial charge < -0.3 is 4.98 Å². The van der Waals surface area contributed by atoms with Crippen molar-refractivity contribution >= 4 is 39.9 Å². The number of aromatic amines is 1. The van der Waals surface area contributed by atoms with E-state index in [9.17, 15) is 9.59 Å². The second-order valence-corrected chi connectivity index (χ2v) is 5.28. The summed E-state index contributed by atoms with van der Waals surface area (Å²) in [6, 6.07) is 7.95. The Kier molecular flexibility index (Phi) is 2.91. The molecule has 0 atom stereocenters. The van der Waals surface area contributed by atoms with E-state index in [-0.39, 0.29) is 11.1 Å².